The second kappa shape index (κ2) is 23.3. The standard InChI is InChI=1S/C52H70B35NO/c53-13-1(14(54)17(57)4-2(13)20(60)34(74)35(75)21(4)61)3-15(55)18(58)5(19(59)16(3)56)7-24(64)41(81)48(42(82)25(7)65)88(49-43(83)26(66)8(27(67)44(49)84)6-22(62)36(76)39(79)37(77)23(6)63)50-45(85)28(68)9(29(69)46(50)86)10-30(70)33(73)31(71)11-12-32(72)38(78)40(80)47(87)52(12)89-51(10)11/h53-87H2. The van der Waals surface area contributed by atoms with Gasteiger partial charge in [-0.05, 0) is 49.7 Å². The Bertz CT molecular complexity index is 4830. The Kier molecular flexibility index (Phi) is 17.5. The van der Waals surface area contributed by atoms with E-state index in [1.54, 1.807) is 0 Å². The van der Waals surface area contributed by atoms with Gasteiger partial charge in [-0.2, -0.15) is 0 Å². The molecule has 10 aromatic rings. The van der Waals surface area contributed by atoms with Gasteiger partial charge in [0.15, 0.2) is 0 Å². The fourth-order valence-electron chi connectivity index (χ4n) is 17.3. The number of furan rings is 1. The highest BCUT2D eigenvalue weighted by molar-refractivity contribution is 6.78. The SMILES string of the molecule is Bc1c(B)c(B)c(-c2c(B)c(B)c(N(c3c(B)c(B)c(-c4c(B)c(B)c(-c5c(B)c(B)c6c(B)c(B)c(B)c(B)c6c5B)c(B)c4B)c(B)c3B)c3c(B)c(B)c(-c4c(B)c(B)c(B)c5c4oc4c(B)c(B)c(B)c(B)c45)c(B)c3B)c(B)c2B)c(B)c1B. The van der Waals surface area contributed by atoms with Crippen LogP contribution in [0.4, 0.5) is 17.1 Å². The molecular formula is C52H70B35NO. The maximum absolute atomic E-state index is 7.35. The zero-order valence-electron chi connectivity index (χ0n) is 61.9. The molecule has 0 fully saturated rings. The molecule has 89 heavy (non-hydrogen) atoms. The van der Waals surface area contributed by atoms with Gasteiger partial charge in [0.2, 0.25) is 0 Å². The summed E-state index contributed by atoms with van der Waals surface area (Å²) in [6, 6.07) is 0. The van der Waals surface area contributed by atoms with Gasteiger partial charge < -0.3 is 9.32 Å². The smallest absolute Gasteiger partial charge is 0.143 e. The minimum absolute atomic E-state index is 1.01. The number of anilines is 3. The van der Waals surface area contributed by atoms with Crippen molar-refractivity contribution in [3.8, 4) is 44.5 Å². The molecular weight excluding hydrogens is 1030 g/mol. The molecule has 0 spiro atoms. The molecule has 9 aromatic carbocycles. The lowest BCUT2D eigenvalue weighted by molar-refractivity contribution is 0.673. The summed E-state index contributed by atoms with van der Waals surface area (Å²) in [7, 11) is 82.7. The maximum atomic E-state index is 7.35. The van der Waals surface area contributed by atoms with E-state index in [0.29, 0.717) is 0 Å². The van der Waals surface area contributed by atoms with Gasteiger partial charge in [0.05, 0.1) is 0 Å². The Hall–Kier alpha value is -4.89. The third kappa shape index (κ3) is 9.25. The Balaban J connectivity index is 1.31. The lowest BCUT2D eigenvalue weighted by Gasteiger charge is -2.40. The normalized spacial score (nSPS) is 11.6. The van der Waals surface area contributed by atoms with Crippen molar-refractivity contribution in [2.24, 2.45) is 0 Å². The van der Waals surface area contributed by atoms with Gasteiger partial charge in [0.1, 0.15) is 286 Å². The van der Waals surface area contributed by atoms with Crippen LogP contribution in [0.2, 0.25) is 0 Å². The molecule has 0 aliphatic heterocycles. The van der Waals surface area contributed by atoms with Crippen LogP contribution in [0.25, 0.3) is 77.2 Å². The van der Waals surface area contributed by atoms with Gasteiger partial charge in [-0.3, -0.25) is 0 Å². The van der Waals surface area contributed by atoms with E-state index in [4.69, 9.17) is 4.42 Å². The molecule has 0 saturated carbocycles. The van der Waals surface area contributed by atoms with Gasteiger partial charge in [-0.1, -0.05) is 158 Å². The van der Waals surface area contributed by atoms with Crippen molar-refractivity contribution in [3.63, 3.8) is 0 Å². The van der Waals surface area contributed by atoms with Crippen LogP contribution in [0.3, 0.4) is 0 Å². The van der Waals surface area contributed by atoms with E-state index in [1.807, 2.05) is 0 Å². The molecule has 0 atom stereocenters. The van der Waals surface area contributed by atoms with E-state index in [2.05, 4.69) is 280 Å². The van der Waals surface area contributed by atoms with E-state index >= 15 is 0 Å². The van der Waals surface area contributed by atoms with Crippen LogP contribution < -0.4 is 196 Å². The molecule has 1 aromatic heterocycles. The molecule has 0 saturated heterocycles. The topological polar surface area (TPSA) is 16.4 Å². The second-order valence-corrected chi connectivity index (χ2v) is 28.5. The predicted octanol–water partition coefficient (Wildman–Crippen LogP) is -46.1. The summed E-state index contributed by atoms with van der Waals surface area (Å²) in [6.07, 6.45) is 0. The first-order valence-corrected chi connectivity index (χ1v) is 33.1. The summed E-state index contributed by atoms with van der Waals surface area (Å²) < 4.78 is 7.35. The summed E-state index contributed by atoms with van der Waals surface area (Å²) >= 11 is 0. The highest BCUT2D eigenvalue weighted by Crippen LogP contribution is 2.33. The molecule has 0 aliphatic carbocycles. The molecule has 0 radical (unpaired) electrons. The van der Waals surface area contributed by atoms with Crippen LogP contribution in [0, 0.1) is 0 Å². The minimum atomic E-state index is 1.01. The summed E-state index contributed by atoms with van der Waals surface area (Å²) in [5, 5.41) is 5.39. The Labute approximate surface area is 565 Å². The van der Waals surface area contributed by atoms with Crippen molar-refractivity contribution in [2.75, 3.05) is 4.90 Å². The Morgan fingerprint density at radius 1 is 0.135 bits per heavy atom. The fraction of sp³-hybridized carbons (Fsp3) is 0. The Morgan fingerprint density at radius 2 is 0.303 bits per heavy atom. The quantitative estimate of drug-likeness (QED) is 0.148. The van der Waals surface area contributed by atoms with Crippen molar-refractivity contribution < 1.29 is 4.42 Å². The lowest BCUT2D eigenvalue weighted by Crippen LogP contribution is -2.58. The van der Waals surface area contributed by atoms with E-state index in [-0.39, 0.29) is 0 Å². The second-order valence-electron chi connectivity index (χ2n) is 28.5. The summed E-state index contributed by atoms with van der Waals surface area (Å²) in [4.78, 5) is 2.77. The first kappa shape index (κ1) is 67.0. The molecule has 0 aliphatic rings. The highest BCUT2D eigenvalue weighted by Gasteiger charge is 2.34. The van der Waals surface area contributed by atoms with Gasteiger partial charge >= 0.3 is 0 Å². The average Bonchev–Trinajstić information content (AvgIpc) is 1.66. The van der Waals surface area contributed by atoms with Gasteiger partial charge in [0, 0.05) is 33.4 Å². The molecule has 0 amide bonds. The number of nitrogens with zero attached hydrogens (tertiary/aromatic N) is 1. The van der Waals surface area contributed by atoms with Crippen LogP contribution in [-0.4, -0.2) is 275 Å². The average molecular weight is 1100 g/mol. The summed E-state index contributed by atoms with van der Waals surface area (Å²) in [6.45, 7) is 0. The zero-order chi connectivity index (χ0) is 66.3. The van der Waals surface area contributed by atoms with Crippen LogP contribution in [-0.2, 0) is 0 Å². The van der Waals surface area contributed by atoms with Crippen molar-refractivity contribution in [2.45, 2.75) is 0 Å². The molecule has 0 unspecified atom stereocenters. The van der Waals surface area contributed by atoms with Gasteiger partial charge in [-0.25, -0.2) is 0 Å². The van der Waals surface area contributed by atoms with E-state index in [0.717, 1.165) is 11.2 Å². The Morgan fingerprint density at radius 3 is 0.629 bits per heavy atom. The van der Waals surface area contributed by atoms with Crippen LogP contribution >= 0.6 is 0 Å². The number of benzene rings is 9. The zero-order valence-corrected chi connectivity index (χ0v) is 61.9. The molecule has 37 heteroatoms. The van der Waals surface area contributed by atoms with Crippen molar-refractivity contribution in [1.29, 1.82) is 0 Å². The van der Waals surface area contributed by atoms with Crippen molar-refractivity contribution >= 4 is 516 Å². The maximum Gasteiger partial charge on any atom is 0.143 e. The fourth-order valence-corrected chi connectivity index (χ4v) is 17.3. The molecule has 394 valence electrons. The summed E-state index contributed by atoms with van der Waals surface area (Å²) in [5.41, 5.74) is 63.9. The van der Waals surface area contributed by atoms with Crippen molar-refractivity contribution in [3.05, 3.63) is 0 Å². The first-order chi connectivity index (χ1) is 41.4. The van der Waals surface area contributed by atoms with E-state index in [9.17, 15) is 0 Å². The van der Waals surface area contributed by atoms with Gasteiger partial charge in [0.25, 0.3) is 0 Å². The lowest BCUT2D eigenvalue weighted by atomic mass is 9.55. The molecule has 0 bridgehead atoms. The first-order valence-electron chi connectivity index (χ1n) is 33.1. The number of hydrogen-bond donors (Lipinski definition) is 0. The third-order valence-electron chi connectivity index (χ3n) is 25.2. The monoisotopic (exact) mass is 1110 g/mol. The molecule has 2 nitrogen and oxygen atoms in total. The van der Waals surface area contributed by atoms with Gasteiger partial charge in [-0.15, -0.1) is 32.8 Å². The number of rotatable bonds is 7. The highest BCUT2D eigenvalue weighted by atomic mass is 16.3. The van der Waals surface area contributed by atoms with Crippen LogP contribution in [0.1, 0.15) is 0 Å². The number of hydrogen-bond acceptors (Lipinski definition) is 2. The predicted molar refractivity (Wildman–Crippen MR) is 514 cm³/mol. The largest absolute Gasteiger partial charge is 0.456 e. The molecule has 10 rings (SSSR count). The van der Waals surface area contributed by atoms with Crippen molar-refractivity contribution in [1.82, 2.24) is 0 Å². The third-order valence-corrected chi connectivity index (χ3v) is 25.2. The van der Waals surface area contributed by atoms with Crippen LogP contribution in [0.5, 0.6) is 0 Å². The molecule has 0 N–H and O–H groups in total. The summed E-state index contributed by atoms with van der Waals surface area (Å²) in [5.74, 6) is 0. The van der Waals surface area contributed by atoms with Crippen LogP contribution in [0.15, 0.2) is 4.42 Å². The van der Waals surface area contributed by atoms with E-state index < -0.39 is 0 Å². The number of fused-ring (bicyclic) bond motifs is 4. The molecule has 1 heterocycles. The minimum Gasteiger partial charge on any atom is -0.456 e. The van der Waals surface area contributed by atoms with E-state index in [1.165, 1.54) is 274 Å².